The highest BCUT2D eigenvalue weighted by Gasteiger charge is 2.25. The summed E-state index contributed by atoms with van der Waals surface area (Å²) in [5.41, 5.74) is 3.87. The molecule has 0 saturated carbocycles. The first-order valence-corrected chi connectivity index (χ1v) is 7.25. The summed E-state index contributed by atoms with van der Waals surface area (Å²) >= 11 is 0. The van der Waals surface area contributed by atoms with E-state index in [0.29, 0.717) is 11.3 Å². The van der Waals surface area contributed by atoms with Crippen molar-refractivity contribution < 1.29 is 14.4 Å². The van der Waals surface area contributed by atoms with Gasteiger partial charge in [0, 0.05) is 23.5 Å². The predicted molar refractivity (Wildman–Crippen MR) is 85.6 cm³/mol. The smallest absolute Gasteiger partial charge is 0.255 e. The van der Waals surface area contributed by atoms with Crippen molar-refractivity contribution in [2.45, 2.75) is 5.92 Å². The van der Waals surface area contributed by atoms with Gasteiger partial charge in [-0.15, -0.1) is 0 Å². The molecular weight excluding hydrogens is 309 g/mol. The summed E-state index contributed by atoms with van der Waals surface area (Å²) in [4.78, 5) is 20.3. The Morgan fingerprint density at radius 1 is 1.08 bits per heavy atom. The fraction of sp³-hybridized carbons (Fsp3) is 0.0556. The molecule has 0 aliphatic carbocycles. The average Bonchev–Trinajstić information content (AvgIpc) is 2.64. The maximum absolute atomic E-state index is 14.1. The van der Waals surface area contributed by atoms with Crippen LogP contribution in [0.4, 0.5) is 4.39 Å². The van der Waals surface area contributed by atoms with Crippen LogP contribution in [-0.4, -0.2) is 21.1 Å². The van der Waals surface area contributed by atoms with Gasteiger partial charge in [0.1, 0.15) is 5.82 Å². The number of aromatic nitrogens is 2. The number of carbonyl (C=O) groups is 1. The van der Waals surface area contributed by atoms with Gasteiger partial charge in [-0.1, -0.05) is 42.5 Å². The molecule has 3 rings (SSSR count). The molecule has 2 aromatic carbocycles. The van der Waals surface area contributed by atoms with Crippen LogP contribution in [0.5, 0.6) is 0 Å². The Labute approximate surface area is 137 Å². The minimum atomic E-state index is -0.952. The molecule has 24 heavy (non-hydrogen) atoms. The summed E-state index contributed by atoms with van der Waals surface area (Å²) < 4.78 is 14.1. The summed E-state index contributed by atoms with van der Waals surface area (Å²) in [5.74, 6) is -2.16. The SMILES string of the molecule is O=C(NO)C(c1ccc(-c2cnccn2)cc1)c1ccccc1F. The molecule has 6 heteroatoms. The maximum Gasteiger partial charge on any atom is 0.255 e. The van der Waals surface area contributed by atoms with Crippen molar-refractivity contribution in [3.63, 3.8) is 0 Å². The monoisotopic (exact) mass is 323 g/mol. The molecule has 0 spiro atoms. The van der Waals surface area contributed by atoms with Crippen LogP contribution in [0.15, 0.2) is 67.1 Å². The molecule has 1 aromatic heterocycles. The molecule has 5 nitrogen and oxygen atoms in total. The third kappa shape index (κ3) is 3.13. The standard InChI is InChI=1S/C18H14FN3O2/c19-15-4-2-1-3-14(15)17(18(23)22-24)13-7-5-12(6-8-13)16-11-20-9-10-21-16/h1-11,17,24H,(H,22,23). The molecule has 3 aromatic rings. The van der Waals surface area contributed by atoms with Crippen LogP contribution in [0.3, 0.4) is 0 Å². The van der Waals surface area contributed by atoms with Gasteiger partial charge in [0.05, 0.1) is 17.8 Å². The first-order chi connectivity index (χ1) is 11.7. The predicted octanol–water partition coefficient (Wildman–Crippen LogP) is 2.92. The number of nitrogens with zero attached hydrogens (tertiary/aromatic N) is 2. The number of nitrogens with one attached hydrogen (secondary N) is 1. The van der Waals surface area contributed by atoms with Crippen molar-refractivity contribution in [3.05, 3.63) is 84.1 Å². The summed E-state index contributed by atoms with van der Waals surface area (Å²) in [6.07, 6.45) is 4.80. The fourth-order valence-electron chi connectivity index (χ4n) is 2.54. The van der Waals surface area contributed by atoms with Crippen molar-refractivity contribution in [1.82, 2.24) is 15.4 Å². The van der Waals surface area contributed by atoms with E-state index in [2.05, 4.69) is 9.97 Å². The maximum atomic E-state index is 14.1. The normalized spacial score (nSPS) is 11.8. The van der Waals surface area contributed by atoms with Gasteiger partial charge in [-0.25, -0.2) is 9.87 Å². The fourth-order valence-corrected chi connectivity index (χ4v) is 2.54. The lowest BCUT2D eigenvalue weighted by atomic mass is 9.89. The Morgan fingerprint density at radius 2 is 1.83 bits per heavy atom. The van der Waals surface area contributed by atoms with Crippen molar-refractivity contribution >= 4 is 5.91 Å². The van der Waals surface area contributed by atoms with E-state index in [1.807, 2.05) is 0 Å². The van der Waals surface area contributed by atoms with E-state index in [-0.39, 0.29) is 5.56 Å². The zero-order valence-electron chi connectivity index (χ0n) is 12.6. The number of carbonyl (C=O) groups excluding carboxylic acids is 1. The van der Waals surface area contributed by atoms with Gasteiger partial charge in [0.15, 0.2) is 0 Å². The minimum absolute atomic E-state index is 0.191. The molecule has 0 aliphatic heterocycles. The number of halogens is 1. The van der Waals surface area contributed by atoms with E-state index >= 15 is 0 Å². The average molecular weight is 323 g/mol. The Balaban J connectivity index is 2.00. The minimum Gasteiger partial charge on any atom is -0.289 e. The van der Waals surface area contributed by atoms with E-state index in [1.165, 1.54) is 12.1 Å². The lowest BCUT2D eigenvalue weighted by molar-refractivity contribution is -0.129. The molecule has 0 bridgehead atoms. The van der Waals surface area contributed by atoms with Crippen LogP contribution in [0, 0.1) is 5.82 Å². The molecule has 1 atom stereocenters. The van der Waals surface area contributed by atoms with Crippen LogP contribution in [0.2, 0.25) is 0 Å². The summed E-state index contributed by atoms with van der Waals surface area (Å²) in [7, 11) is 0. The summed E-state index contributed by atoms with van der Waals surface area (Å²) in [5, 5.41) is 9.01. The lowest BCUT2D eigenvalue weighted by Crippen LogP contribution is -2.27. The highest BCUT2D eigenvalue weighted by atomic mass is 19.1. The molecule has 1 unspecified atom stereocenters. The van der Waals surface area contributed by atoms with Gasteiger partial charge in [-0.05, 0) is 11.6 Å². The van der Waals surface area contributed by atoms with Crippen LogP contribution >= 0.6 is 0 Å². The first kappa shape index (κ1) is 15.8. The first-order valence-electron chi connectivity index (χ1n) is 7.25. The van der Waals surface area contributed by atoms with Crippen LogP contribution in [0.1, 0.15) is 17.0 Å². The molecule has 120 valence electrons. The highest BCUT2D eigenvalue weighted by Crippen LogP contribution is 2.28. The van der Waals surface area contributed by atoms with Gasteiger partial charge >= 0.3 is 0 Å². The molecule has 0 radical (unpaired) electrons. The van der Waals surface area contributed by atoms with E-state index in [0.717, 1.165) is 5.56 Å². The topological polar surface area (TPSA) is 75.1 Å². The lowest BCUT2D eigenvalue weighted by Gasteiger charge is -2.17. The van der Waals surface area contributed by atoms with Crippen molar-refractivity contribution in [2.75, 3.05) is 0 Å². The molecule has 0 saturated heterocycles. The van der Waals surface area contributed by atoms with Crippen LogP contribution in [0.25, 0.3) is 11.3 Å². The van der Waals surface area contributed by atoms with Crippen molar-refractivity contribution in [3.8, 4) is 11.3 Å². The van der Waals surface area contributed by atoms with Crippen molar-refractivity contribution in [2.24, 2.45) is 0 Å². The number of amides is 1. The Morgan fingerprint density at radius 3 is 2.46 bits per heavy atom. The third-order valence-electron chi connectivity index (χ3n) is 3.69. The molecule has 1 heterocycles. The van der Waals surface area contributed by atoms with Crippen molar-refractivity contribution in [1.29, 1.82) is 0 Å². The third-order valence-corrected chi connectivity index (χ3v) is 3.69. The van der Waals surface area contributed by atoms with E-state index in [9.17, 15) is 9.18 Å². The number of benzene rings is 2. The number of hydroxylamine groups is 1. The van der Waals surface area contributed by atoms with Gasteiger partial charge in [0.2, 0.25) is 0 Å². The summed E-state index contributed by atoms with van der Waals surface area (Å²) in [6, 6.07) is 12.9. The number of hydrogen-bond acceptors (Lipinski definition) is 4. The number of hydrogen-bond donors (Lipinski definition) is 2. The largest absolute Gasteiger partial charge is 0.289 e. The molecule has 0 aliphatic rings. The molecule has 1 amide bonds. The van der Waals surface area contributed by atoms with E-state index in [4.69, 9.17) is 5.21 Å². The Hall–Kier alpha value is -3.12. The molecule has 2 N–H and O–H groups in total. The highest BCUT2D eigenvalue weighted by molar-refractivity contribution is 5.86. The van der Waals surface area contributed by atoms with Gasteiger partial charge in [-0.2, -0.15) is 0 Å². The van der Waals surface area contributed by atoms with E-state index < -0.39 is 17.6 Å². The second-order valence-corrected chi connectivity index (χ2v) is 5.14. The van der Waals surface area contributed by atoms with Crippen LogP contribution < -0.4 is 5.48 Å². The second-order valence-electron chi connectivity index (χ2n) is 5.14. The Bertz CT molecular complexity index is 838. The van der Waals surface area contributed by atoms with Crippen LogP contribution in [-0.2, 0) is 4.79 Å². The Kier molecular flexibility index (Phi) is 4.58. The molecular formula is C18H14FN3O2. The zero-order chi connectivity index (χ0) is 16.9. The van der Waals surface area contributed by atoms with Gasteiger partial charge in [-0.3, -0.25) is 20.0 Å². The second kappa shape index (κ2) is 6.97. The van der Waals surface area contributed by atoms with Gasteiger partial charge in [0.25, 0.3) is 5.91 Å². The number of rotatable bonds is 4. The molecule has 0 fully saturated rings. The quantitative estimate of drug-likeness (QED) is 0.572. The summed E-state index contributed by atoms with van der Waals surface area (Å²) in [6.45, 7) is 0. The van der Waals surface area contributed by atoms with Gasteiger partial charge < -0.3 is 0 Å². The zero-order valence-corrected chi connectivity index (χ0v) is 12.6. The van der Waals surface area contributed by atoms with E-state index in [1.54, 1.807) is 60.5 Å².